The fourth-order valence-electron chi connectivity index (χ4n) is 8.40. The molecule has 10 aromatic rings. The van der Waals surface area contributed by atoms with Gasteiger partial charge in [0, 0.05) is 11.4 Å². The van der Waals surface area contributed by atoms with Crippen molar-refractivity contribution in [3.8, 4) is 33.4 Å². The zero-order chi connectivity index (χ0) is 39.5. The van der Waals surface area contributed by atoms with Gasteiger partial charge in [-0.3, -0.25) is 0 Å². The molecule has 0 aliphatic rings. The van der Waals surface area contributed by atoms with Crippen LogP contribution in [0.1, 0.15) is 0 Å². The molecule has 0 N–H and O–H groups in total. The quantitative estimate of drug-likeness (QED) is 0.0706. The average molecular weight is 764 g/mol. The number of para-hydroxylation sites is 1. The number of nitrogens with zero attached hydrogens (tertiary/aromatic N) is 1. The summed E-state index contributed by atoms with van der Waals surface area (Å²) in [6.07, 6.45) is 0. The maximum Gasteiger partial charge on any atom is 0.200 e. The molecule has 0 bridgehead atoms. The molecule has 0 aliphatic carbocycles. The Kier molecular flexibility index (Phi) is 8.49. The number of benzene rings is 10. The van der Waals surface area contributed by atoms with Crippen LogP contribution in [0, 0.1) is 29.1 Å². The predicted molar refractivity (Wildman–Crippen MR) is 227 cm³/mol. The zero-order valence-electron chi connectivity index (χ0n) is 30.7. The molecule has 10 rings (SSSR count). The van der Waals surface area contributed by atoms with Crippen LogP contribution in [0.25, 0.3) is 76.5 Å². The summed E-state index contributed by atoms with van der Waals surface area (Å²) in [6.45, 7) is 0. The monoisotopic (exact) mass is 763 g/mol. The standard InChI is InChI=1S/C52H30F5N/c53-47-48(54)50(56)52(51(57)49(47)55)58(35-16-2-1-3-17-35)36-27-24-31(25-28-36)34-26-29-43-44(30-34)46(40-23-11-15-33-13-5-7-19-38(33)40)42-21-9-8-20-41(42)45(43)39-22-10-14-32-12-4-6-18-37(32)39/h1-30H. The van der Waals surface area contributed by atoms with Crippen molar-refractivity contribution in [2.24, 2.45) is 0 Å². The Bertz CT molecular complexity index is 3190. The summed E-state index contributed by atoms with van der Waals surface area (Å²) in [5, 5.41) is 8.86. The van der Waals surface area contributed by atoms with Crippen molar-refractivity contribution in [3.63, 3.8) is 0 Å². The first-order valence-corrected chi connectivity index (χ1v) is 18.8. The lowest BCUT2D eigenvalue weighted by Crippen LogP contribution is -2.17. The van der Waals surface area contributed by atoms with Gasteiger partial charge in [-0.05, 0) is 107 Å². The van der Waals surface area contributed by atoms with Crippen LogP contribution < -0.4 is 4.90 Å². The van der Waals surface area contributed by atoms with Gasteiger partial charge in [-0.25, -0.2) is 22.0 Å². The van der Waals surface area contributed by atoms with Gasteiger partial charge in [0.25, 0.3) is 0 Å². The fraction of sp³-hybridized carbons (Fsp3) is 0. The first-order valence-electron chi connectivity index (χ1n) is 18.8. The molecule has 0 fully saturated rings. The second-order valence-electron chi connectivity index (χ2n) is 14.2. The van der Waals surface area contributed by atoms with Gasteiger partial charge < -0.3 is 4.90 Å². The lowest BCUT2D eigenvalue weighted by atomic mass is 9.83. The molecular weight excluding hydrogens is 734 g/mol. The normalized spacial score (nSPS) is 11.5. The molecule has 0 saturated heterocycles. The van der Waals surface area contributed by atoms with Crippen LogP contribution in [-0.2, 0) is 0 Å². The highest BCUT2D eigenvalue weighted by Gasteiger charge is 2.31. The van der Waals surface area contributed by atoms with Gasteiger partial charge in [0.15, 0.2) is 23.3 Å². The van der Waals surface area contributed by atoms with Crippen molar-refractivity contribution in [1.82, 2.24) is 0 Å². The van der Waals surface area contributed by atoms with Crippen LogP contribution in [0.15, 0.2) is 182 Å². The predicted octanol–water partition coefficient (Wildman–Crippen LogP) is 15.5. The van der Waals surface area contributed by atoms with E-state index >= 15 is 8.78 Å². The smallest absolute Gasteiger partial charge is 0.200 e. The molecule has 0 aliphatic heterocycles. The van der Waals surface area contributed by atoms with Gasteiger partial charge in [0.1, 0.15) is 5.69 Å². The van der Waals surface area contributed by atoms with E-state index in [1.807, 2.05) is 12.1 Å². The topological polar surface area (TPSA) is 3.24 Å². The number of hydrogen-bond acceptors (Lipinski definition) is 1. The number of halogens is 5. The third-order valence-electron chi connectivity index (χ3n) is 11.0. The van der Waals surface area contributed by atoms with E-state index in [0.717, 1.165) is 81.4 Å². The van der Waals surface area contributed by atoms with E-state index < -0.39 is 34.8 Å². The third kappa shape index (κ3) is 5.59. The summed E-state index contributed by atoms with van der Waals surface area (Å²) in [7, 11) is 0. The summed E-state index contributed by atoms with van der Waals surface area (Å²) < 4.78 is 74.1. The molecule has 0 atom stereocenters. The SMILES string of the molecule is Fc1c(F)c(F)c(N(c2ccccc2)c2ccc(-c3ccc4c(-c5cccc6ccccc56)c5ccccc5c(-c5cccc6ccccc56)c4c3)cc2)c(F)c1F. The third-order valence-corrected chi connectivity index (χ3v) is 11.0. The summed E-state index contributed by atoms with van der Waals surface area (Å²) in [6, 6.07) is 59.3. The average Bonchev–Trinajstić information content (AvgIpc) is 3.28. The molecule has 0 saturated carbocycles. The summed E-state index contributed by atoms with van der Waals surface area (Å²) in [4.78, 5) is 1.04. The maximum atomic E-state index is 15.4. The van der Waals surface area contributed by atoms with E-state index in [0.29, 0.717) is 0 Å². The van der Waals surface area contributed by atoms with Crippen molar-refractivity contribution >= 4 is 60.2 Å². The summed E-state index contributed by atoms with van der Waals surface area (Å²) in [5.74, 6) is -10.1. The lowest BCUT2D eigenvalue weighted by molar-refractivity contribution is 0.380. The van der Waals surface area contributed by atoms with Gasteiger partial charge >= 0.3 is 0 Å². The fourth-order valence-corrected chi connectivity index (χ4v) is 8.40. The molecule has 0 heterocycles. The Morgan fingerprint density at radius 2 is 0.707 bits per heavy atom. The van der Waals surface area contributed by atoms with Gasteiger partial charge in [0.2, 0.25) is 5.82 Å². The van der Waals surface area contributed by atoms with Crippen molar-refractivity contribution in [2.45, 2.75) is 0 Å². The van der Waals surface area contributed by atoms with E-state index in [2.05, 4.69) is 115 Å². The minimum atomic E-state index is -2.21. The first-order chi connectivity index (χ1) is 28.4. The highest BCUT2D eigenvalue weighted by molar-refractivity contribution is 6.25. The molecule has 6 heteroatoms. The van der Waals surface area contributed by atoms with E-state index in [9.17, 15) is 13.2 Å². The van der Waals surface area contributed by atoms with E-state index in [-0.39, 0.29) is 11.4 Å². The number of anilines is 3. The van der Waals surface area contributed by atoms with Crippen molar-refractivity contribution in [3.05, 3.63) is 211 Å². The lowest BCUT2D eigenvalue weighted by Gasteiger charge is -2.26. The van der Waals surface area contributed by atoms with Crippen LogP contribution in [0.2, 0.25) is 0 Å². The largest absolute Gasteiger partial charge is 0.305 e. The molecule has 0 spiro atoms. The summed E-state index contributed by atoms with van der Waals surface area (Å²) >= 11 is 0. The first kappa shape index (κ1) is 35.1. The Morgan fingerprint density at radius 3 is 1.28 bits per heavy atom. The van der Waals surface area contributed by atoms with Crippen LogP contribution >= 0.6 is 0 Å². The highest BCUT2D eigenvalue weighted by atomic mass is 19.2. The van der Waals surface area contributed by atoms with Crippen molar-refractivity contribution in [2.75, 3.05) is 4.90 Å². The number of hydrogen-bond donors (Lipinski definition) is 0. The van der Waals surface area contributed by atoms with Gasteiger partial charge in [-0.1, -0.05) is 152 Å². The van der Waals surface area contributed by atoms with Crippen LogP contribution in [-0.4, -0.2) is 0 Å². The van der Waals surface area contributed by atoms with E-state index in [1.165, 1.54) is 0 Å². The van der Waals surface area contributed by atoms with Crippen molar-refractivity contribution in [1.29, 1.82) is 0 Å². The van der Waals surface area contributed by atoms with Crippen LogP contribution in [0.3, 0.4) is 0 Å². The molecule has 1 nitrogen and oxygen atoms in total. The Labute approximate surface area is 330 Å². The molecule has 278 valence electrons. The van der Waals surface area contributed by atoms with E-state index in [1.54, 1.807) is 54.6 Å². The molecular formula is C52H30F5N. The summed E-state index contributed by atoms with van der Waals surface area (Å²) in [5.41, 5.74) is 5.46. The molecule has 0 unspecified atom stereocenters. The number of fused-ring (bicyclic) bond motifs is 4. The molecule has 0 aromatic heterocycles. The second-order valence-corrected chi connectivity index (χ2v) is 14.2. The maximum absolute atomic E-state index is 15.4. The van der Waals surface area contributed by atoms with Gasteiger partial charge in [-0.2, -0.15) is 0 Å². The second kappa shape index (κ2) is 14.0. The molecule has 10 aromatic carbocycles. The molecule has 0 amide bonds. The van der Waals surface area contributed by atoms with E-state index in [4.69, 9.17) is 0 Å². The highest BCUT2D eigenvalue weighted by Crippen LogP contribution is 2.48. The number of rotatable bonds is 6. The van der Waals surface area contributed by atoms with Crippen molar-refractivity contribution < 1.29 is 22.0 Å². The minimum absolute atomic E-state index is 0.208. The Balaban J connectivity index is 1.22. The Morgan fingerprint density at radius 1 is 0.293 bits per heavy atom. The zero-order valence-corrected chi connectivity index (χ0v) is 30.7. The van der Waals surface area contributed by atoms with Gasteiger partial charge in [0.05, 0.1) is 0 Å². The Hall–Kier alpha value is -7.31. The minimum Gasteiger partial charge on any atom is -0.305 e. The molecule has 58 heavy (non-hydrogen) atoms. The van der Waals surface area contributed by atoms with Gasteiger partial charge in [-0.15, -0.1) is 0 Å². The molecule has 0 radical (unpaired) electrons. The van der Waals surface area contributed by atoms with Crippen LogP contribution in [0.4, 0.5) is 39.0 Å². The van der Waals surface area contributed by atoms with Crippen LogP contribution in [0.5, 0.6) is 0 Å².